The lowest BCUT2D eigenvalue weighted by molar-refractivity contribution is 0.0998. The zero-order valence-corrected chi connectivity index (χ0v) is 17.8. The van der Waals surface area contributed by atoms with Crippen LogP contribution in [0.5, 0.6) is 11.5 Å². The van der Waals surface area contributed by atoms with E-state index in [9.17, 15) is 14.7 Å². The number of ether oxygens (including phenoxy) is 2. The molecule has 9 heteroatoms. The summed E-state index contributed by atoms with van der Waals surface area (Å²) >= 11 is 1.36. The topological polar surface area (TPSA) is 107 Å². The first-order valence-electron chi connectivity index (χ1n) is 9.43. The Morgan fingerprint density at radius 3 is 2.83 bits per heavy atom. The third-order valence-corrected chi connectivity index (χ3v) is 6.55. The van der Waals surface area contributed by atoms with Crippen LogP contribution in [0.4, 0.5) is 0 Å². The van der Waals surface area contributed by atoms with Crippen LogP contribution in [0.3, 0.4) is 0 Å². The summed E-state index contributed by atoms with van der Waals surface area (Å²) in [6.45, 7) is 3.10. The van der Waals surface area contributed by atoms with E-state index in [2.05, 4.69) is 0 Å². The van der Waals surface area contributed by atoms with Crippen molar-refractivity contribution in [2.75, 3.05) is 20.4 Å². The highest BCUT2D eigenvalue weighted by atomic mass is 32.1. The van der Waals surface area contributed by atoms with Gasteiger partial charge < -0.3 is 24.9 Å². The van der Waals surface area contributed by atoms with Crippen LogP contribution < -0.4 is 20.6 Å². The summed E-state index contributed by atoms with van der Waals surface area (Å²) in [4.78, 5) is 27.2. The van der Waals surface area contributed by atoms with Gasteiger partial charge in [-0.05, 0) is 37.2 Å². The molecule has 1 aliphatic heterocycles. The highest BCUT2D eigenvalue weighted by Gasteiger charge is 2.21. The molecule has 3 heterocycles. The van der Waals surface area contributed by atoms with Crippen LogP contribution in [0.1, 0.15) is 32.5 Å². The van der Waals surface area contributed by atoms with Gasteiger partial charge in [0.25, 0.3) is 5.91 Å². The molecule has 0 aliphatic carbocycles. The third kappa shape index (κ3) is 3.55. The number of likely N-dealkylation sites (N-methyl/N-ethyl adjacent to an activating group) is 1. The van der Waals surface area contributed by atoms with Crippen molar-refractivity contribution >= 4 is 27.5 Å². The number of aliphatic hydroxyl groups is 1. The minimum absolute atomic E-state index is 0.00983. The molecular weight excluding hydrogens is 406 g/mol. The zero-order chi connectivity index (χ0) is 21.6. The standard InChI is InChI=1S/C21H23N3O5S/c1-11-17(30-20-18(11)24(3)7-13(19(20)26)21(22)27)9-23(2)8-14(25)12-4-5-15-16(6-12)29-10-28-15/h4-7,14,25H,8-10H2,1-3H3,(H2,22,27). The first-order chi connectivity index (χ1) is 14.3. The Hall–Kier alpha value is -2.88. The van der Waals surface area contributed by atoms with Crippen molar-refractivity contribution in [1.29, 1.82) is 0 Å². The number of carbonyl (C=O) groups is 1. The third-order valence-electron chi connectivity index (χ3n) is 5.29. The number of hydrogen-bond donors (Lipinski definition) is 2. The van der Waals surface area contributed by atoms with Gasteiger partial charge in [0.05, 0.1) is 16.3 Å². The Bertz CT molecular complexity index is 1200. The van der Waals surface area contributed by atoms with Gasteiger partial charge in [-0.25, -0.2) is 0 Å². The number of aryl methyl sites for hydroxylation is 2. The Morgan fingerprint density at radius 1 is 1.37 bits per heavy atom. The van der Waals surface area contributed by atoms with E-state index >= 15 is 0 Å². The second kappa shape index (κ2) is 7.75. The number of hydrogen-bond acceptors (Lipinski definition) is 7. The van der Waals surface area contributed by atoms with Gasteiger partial charge in [0.1, 0.15) is 5.56 Å². The minimum Gasteiger partial charge on any atom is -0.454 e. The molecule has 30 heavy (non-hydrogen) atoms. The highest BCUT2D eigenvalue weighted by molar-refractivity contribution is 7.19. The summed E-state index contributed by atoms with van der Waals surface area (Å²) < 4.78 is 13.0. The molecule has 3 aromatic rings. The number of aromatic nitrogens is 1. The van der Waals surface area contributed by atoms with E-state index in [1.165, 1.54) is 17.5 Å². The summed E-state index contributed by atoms with van der Waals surface area (Å²) in [5.41, 5.74) is 7.53. The Labute approximate surface area is 177 Å². The van der Waals surface area contributed by atoms with Gasteiger partial charge in [-0.15, -0.1) is 11.3 Å². The molecule has 2 aromatic heterocycles. The summed E-state index contributed by atoms with van der Waals surface area (Å²) in [5, 5.41) is 10.7. The largest absolute Gasteiger partial charge is 0.454 e. The summed E-state index contributed by atoms with van der Waals surface area (Å²) in [6.07, 6.45) is 0.788. The summed E-state index contributed by atoms with van der Waals surface area (Å²) in [7, 11) is 3.71. The summed E-state index contributed by atoms with van der Waals surface area (Å²) in [5.74, 6) is 0.584. The van der Waals surface area contributed by atoms with Crippen LogP contribution >= 0.6 is 11.3 Å². The molecule has 1 amide bonds. The molecular formula is C21H23N3O5S. The average molecular weight is 429 g/mol. The van der Waals surface area contributed by atoms with Gasteiger partial charge in [0.2, 0.25) is 12.2 Å². The number of aliphatic hydroxyl groups excluding tert-OH is 1. The number of nitrogens with two attached hydrogens (primary N) is 1. The van der Waals surface area contributed by atoms with Crippen LogP contribution in [-0.4, -0.2) is 40.9 Å². The van der Waals surface area contributed by atoms with Crippen LogP contribution in [0, 0.1) is 6.92 Å². The Kier molecular flexibility index (Phi) is 5.27. The number of thiophene rings is 1. The molecule has 0 saturated heterocycles. The SMILES string of the molecule is Cc1c(CN(C)CC(O)c2ccc3c(c2)OCO3)sc2c(=O)c(C(N)=O)cn(C)c12. The van der Waals surface area contributed by atoms with E-state index in [1.807, 2.05) is 24.9 Å². The van der Waals surface area contributed by atoms with Crippen LogP contribution in [0.2, 0.25) is 0 Å². The molecule has 8 nitrogen and oxygen atoms in total. The van der Waals surface area contributed by atoms with Crippen molar-refractivity contribution < 1.29 is 19.4 Å². The molecule has 0 fully saturated rings. The zero-order valence-electron chi connectivity index (χ0n) is 17.0. The fourth-order valence-electron chi connectivity index (χ4n) is 3.73. The molecule has 1 aromatic carbocycles. The quantitative estimate of drug-likeness (QED) is 0.620. The maximum absolute atomic E-state index is 12.6. The van der Waals surface area contributed by atoms with E-state index in [0.717, 1.165) is 21.5 Å². The van der Waals surface area contributed by atoms with E-state index < -0.39 is 12.0 Å². The molecule has 1 unspecified atom stereocenters. The maximum Gasteiger partial charge on any atom is 0.254 e. The average Bonchev–Trinajstić information content (AvgIpc) is 3.29. The van der Waals surface area contributed by atoms with Crippen LogP contribution in [-0.2, 0) is 13.6 Å². The predicted octanol–water partition coefficient (Wildman–Crippen LogP) is 1.90. The molecule has 0 saturated carbocycles. The number of carbonyl (C=O) groups excluding carboxylic acids is 1. The Morgan fingerprint density at radius 2 is 2.10 bits per heavy atom. The molecule has 4 rings (SSSR count). The number of amides is 1. The minimum atomic E-state index is -0.728. The van der Waals surface area contributed by atoms with Gasteiger partial charge in [-0.2, -0.15) is 0 Å². The van der Waals surface area contributed by atoms with Crippen molar-refractivity contribution in [3.63, 3.8) is 0 Å². The monoisotopic (exact) mass is 429 g/mol. The fraction of sp³-hybridized carbons (Fsp3) is 0.333. The molecule has 1 aliphatic rings. The van der Waals surface area contributed by atoms with Gasteiger partial charge in [-0.1, -0.05) is 6.07 Å². The fourth-order valence-corrected chi connectivity index (χ4v) is 5.10. The first-order valence-corrected chi connectivity index (χ1v) is 10.3. The molecule has 0 radical (unpaired) electrons. The van der Waals surface area contributed by atoms with E-state index in [-0.39, 0.29) is 17.8 Å². The first kappa shape index (κ1) is 20.4. The van der Waals surface area contributed by atoms with Gasteiger partial charge >= 0.3 is 0 Å². The van der Waals surface area contributed by atoms with Crippen molar-refractivity contribution in [2.24, 2.45) is 12.8 Å². The van der Waals surface area contributed by atoms with Crippen molar-refractivity contribution in [1.82, 2.24) is 9.47 Å². The van der Waals surface area contributed by atoms with Gasteiger partial charge in [0, 0.05) is 31.2 Å². The van der Waals surface area contributed by atoms with E-state index in [0.29, 0.717) is 29.3 Å². The number of primary amides is 1. The van der Waals surface area contributed by atoms with Gasteiger partial charge in [-0.3, -0.25) is 14.5 Å². The molecule has 3 N–H and O–H groups in total. The molecule has 158 valence electrons. The molecule has 1 atom stereocenters. The van der Waals surface area contributed by atoms with Crippen LogP contribution in [0.15, 0.2) is 29.2 Å². The smallest absolute Gasteiger partial charge is 0.254 e. The lowest BCUT2D eigenvalue weighted by Gasteiger charge is -2.20. The number of fused-ring (bicyclic) bond motifs is 2. The van der Waals surface area contributed by atoms with Crippen molar-refractivity contribution in [3.05, 3.63) is 56.2 Å². The maximum atomic E-state index is 12.6. The van der Waals surface area contributed by atoms with Gasteiger partial charge in [0.15, 0.2) is 11.5 Å². The number of nitrogens with zero attached hydrogens (tertiary/aromatic N) is 2. The van der Waals surface area contributed by atoms with E-state index in [1.54, 1.807) is 23.7 Å². The number of pyridine rings is 1. The van der Waals surface area contributed by atoms with Crippen molar-refractivity contribution in [3.8, 4) is 11.5 Å². The normalized spacial score (nSPS) is 13.9. The second-order valence-corrected chi connectivity index (χ2v) is 8.61. The van der Waals surface area contributed by atoms with Crippen LogP contribution in [0.25, 0.3) is 10.2 Å². The molecule has 0 spiro atoms. The lowest BCUT2D eigenvalue weighted by atomic mass is 10.1. The highest BCUT2D eigenvalue weighted by Crippen LogP contribution is 2.35. The van der Waals surface area contributed by atoms with E-state index in [4.69, 9.17) is 15.2 Å². The lowest BCUT2D eigenvalue weighted by Crippen LogP contribution is -2.24. The summed E-state index contributed by atoms with van der Waals surface area (Å²) in [6, 6.07) is 5.41. The predicted molar refractivity (Wildman–Crippen MR) is 114 cm³/mol. The molecule has 0 bridgehead atoms. The number of benzene rings is 1. The second-order valence-electron chi connectivity index (χ2n) is 7.50. The Balaban J connectivity index is 1.55. The number of rotatable bonds is 6. The van der Waals surface area contributed by atoms with Crippen molar-refractivity contribution in [2.45, 2.75) is 19.6 Å².